The second-order valence-corrected chi connectivity index (χ2v) is 8.19. The monoisotopic (exact) mass is 451 g/mol. The molecular weight excluding hydrogens is 429 g/mol. The Bertz CT molecular complexity index is 825. The fraction of sp³-hybridized carbons (Fsp3) is 0.368. The van der Waals surface area contributed by atoms with Crippen LogP contribution in [0.4, 0.5) is 23.2 Å². The van der Waals surface area contributed by atoms with Gasteiger partial charge in [-0.2, -0.15) is 17.0 Å². The Kier molecular flexibility index (Phi) is 7.79. The van der Waals surface area contributed by atoms with E-state index in [-0.39, 0.29) is 21.8 Å². The van der Waals surface area contributed by atoms with Gasteiger partial charge in [0.05, 0.1) is 18.8 Å². The van der Waals surface area contributed by atoms with Crippen molar-refractivity contribution < 1.29 is 31.8 Å². The molecule has 0 aromatic heterocycles. The molecule has 2 rings (SSSR count). The molecule has 10 heteroatoms. The zero-order valence-corrected chi connectivity index (χ0v) is 17.9. The zero-order valence-electron chi connectivity index (χ0n) is 15.8. The van der Waals surface area contributed by atoms with Crippen LogP contribution < -0.4 is 5.73 Å². The van der Waals surface area contributed by atoms with Gasteiger partial charge in [0.2, 0.25) is 0 Å². The lowest BCUT2D eigenvalue weighted by molar-refractivity contribution is -0.179. The van der Waals surface area contributed by atoms with Crippen LogP contribution >= 0.6 is 21.9 Å². The summed E-state index contributed by atoms with van der Waals surface area (Å²) in [4.78, 5) is 0. The summed E-state index contributed by atoms with van der Waals surface area (Å²) < 4.78 is 72.8. The Balaban J connectivity index is 2.25. The molecule has 1 aliphatic heterocycles. The van der Waals surface area contributed by atoms with Crippen molar-refractivity contribution in [3.05, 3.63) is 64.5 Å². The SMILES string of the molecule is C=C(/C=C(F)\C(F)=C(/C)P)OC(C)(F)c1c(N)cc(C2OCC(S)CO2)cc1F. The first-order valence-electron chi connectivity index (χ1n) is 8.49. The van der Waals surface area contributed by atoms with Crippen LogP contribution in [0.15, 0.2) is 47.5 Å². The lowest BCUT2D eigenvalue weighted by Gasteiger charge is -2.29. The third-order valence-corrected chi connectivity index (χ3v) is 4.46. The van der Waals surface area contributed by atoms with Crippen molar-refractivity contribution in [2.24, 2.45) is 0 Å². The van der Waals surface area contributed by atoms with E-state index in [1.54, 1.807) is 0 Å². The minimum atomic E-state index is -2.80. The highest BCUT2D eigenvalue weighted by molar-refractivity contribution is 7.81. The molecule has 0 amide bonds. The molecule has 1 saturated heterocycles. The molecule has 1 fully saturated rings. The summed E-state index contributed by atoms with van der Waals surface area (Å²) in [6.45, 7) is 6.10. The maximum absolute atomic E-state index is 15.1. The number of alkyl halides is 1. The molecule has 1 aromatic carbocycles. The Labute approximate surface area is 174 Å². The molecule has 2 atom stereocenters. The number of hydrogen-bond donors (Lipinski definition) is 2. The number of halogens is 4. The average Bonchev–Trinajstić information content (AvgIpc) is 2.59. The van der Waals surface area contributed by atoms with Gasteiger partial charge in [-0.1, -0.05) is 6.58 Å². The van der Waals surface area contributed by atoms with E-state index in [0.29, 0.717) is 19.3 Å². The van der Waals surface area contributed by atoms with Gasteiger partial charge in [-0.3, -0.25) is 0 Å². The van der Waals surface area contributed by atoms with Crippen LogP contribution in [0.1, 0.15) is 31.3 Å². The van der Waals surface area contributed by atoms with E-state index in [4.69, 9.17) is 19.9 Å². The number of nitrogens with two attached hydrogens (primary N) is 1. The van der Waals surface area contributed by atoms with Gasteiger partial charge < -0.3 is 19.9 Å². The molecule has 4 nitrogen and oxygen atoms in total. The van der Waals surface area contributed by atoms with Crippen LogP contribution in [-0.4, -0.2) is 18.5 Å². The van der Waals surface area contributed by atoms with Crippen molar-refractivity contribution >= 4 is 27.6 Å². The van der Waals surface area contributed by atoms with Crippen molar-refractivity contribution in [3.63, 3.8) is 0 Å². The fourth-order valence-corrected chi connectivity index (χ4v) is 2.97. The van der Waals surface area contributed by atoms with E-state index in [2.05, 4.69) is 19.2 Å². The fourth-order valence-electron chi connectivity index (χ4n) is 2.66. The molecule has 29 heavy (non-hydrogen) atoms. The van der Waals surface area contributed by atoms with Crippen LogP contribution in [-0.2, 0) is 20.1 Å². The third kappa shape index (κ3) is 5.98. The van der Waals surface area contributed by atoms with Crippen LogP contribution in [0.3, 0.4) is 0 Å². The smallest absolute Gasteiger partial charge is 0.276 e. The average molecular weight is 451 g/mol. The first kappa shape index (κ1) is 23.7. The van der Waals surface area contributed by atoms with Crippen molar-refractivity contribution in [2.45, 2.75) is 31.2 Å². The first-order valence-corrected chi connectivity index (χ1v) is 9.58. The normalized spacial score (nSPS) is 23.2. The van der Waals surface area contributed by atoms with Crippen molar-refractivity contribution in [1.82, 2.24) is 0 Å². The van der Waals surface area contributed by atoms with Crippen molar-refractivity contribution in [1.29, 1.82) is 0 Å². The van der Waals surface area contributed by atoms with Gasteiger partial charge in [0.25, 0.3) is 5.85 Å². The van der Waals surface area contributed by atoms with E-state index >= 15 is 4.39 Å². The Morgan fingerprint density at radius 1 is 1.38 bits per heavy atom. The summed E-state index contributed by atoms with van der Waals surface area (Å²) in [5.74, 6) is -6.85. The maximum atomic E-state index is 15.1. The number of ether oxygens (including phenoxy) is 3. The van der Waals surface area contributed by atoms with Gasteiger partial charge in [0.15, 0.2) is 17.9 Å². The highest BCUT2D eigenvalue weighted by atomic mass is 32.1. The van der Waals surface area contributed by atoms with Gasteiger partial charge in [0.1, 0.15) is 11.6 Å². The summed E-state index contributed by atoms with van der Waals surface area (Å²) in [6.07, 6.45) is -0.311. The van der Waals surface area contributed by atoms with Crippen molar-refractivity contribution in [3.8, 4) is 0 Å². The number of allylic oxidation sites excluding steroid dienone is 4. The highest BCUT2D eigenvalue weighted by Crippen LogP contribution is 2.38. The largest absolute Gasteiger partial charge is 0.454 e. The number of nitrogen functional groups attached to an aromatic ring is 1. The molecule has 2 N–H and O–H groups in total. The lowest BCUT2D eigenvalue weighted by Crippen LogP contribution is -2.28. The van der Waals surface area contributed by atoms with Gasteiger partial charge >= 0.3 is 0 Å². The predicted octanol–water partition coefficient (Wildman–Crippen LogP) is 5.35. The van der Waals surface area contributed by atoms with Gasteiger partial charge in [0, 0.05) is 29.5 Å². The standard InChI is InChI=1S/C19H22F4NO3PS/c1-9(4-14(21)17(22)10(2)28)27-19(3,23)16-13(20)5-11(6-15(16)24)18-25-7-12(29)8-26-18/h4-6,12,18,29H,1,7-8,24,28H2,2-3H3/b14-4+,17-10-. The van der Waals surface area contributed by atoms with E-state index < -0.39 is 40.9 Å². The summed E-state index contributed by atoms with van der Waals surface area (Å²) in [5.41, 5.74) is 5.21. The van der Waals surface area contributed by atoms with Crippen LogP contribution in [0.5, 0.6) is 0 Å². The maximum Gasteiger partial charge on any atom is 0.276 e. The number of anilines is 1. The molecule has 1 aromatic rings. The first-order chi connectivity index (χ1) is 13.4. The van der Waals surface area contributed by atoms with E-state index in [1.165, 1.54) is 13.0 Å². The van der Waals surface area contributed by atoms with Crippen LogP contribution in [0.25, 0.3) is 0 Å². The molecule has 160 valence electrons. The molecule has 0 spiro atoms. The van der Waals surface area contributed by atoms with Crippen LogP contribution in [0.2, 0.25) is 0 Å². The Morgan fingerprint density at radius 2 is 1.97 bits per heavy atom. The van der Waals surface area contributed by atoms with Crippen molar-refractivity contribution in [2.75, 3.05) is 18.9 Å². The molecule has 1 heterocycles. The molecule has 0 radical (unpaired) electrons. The Hall–Kier alpha value is -1.54. The molecular formula is C19H22F4NO3PS. The van der Waals surface area contributed by atoms with Gasteiger partial charge in [-0.15, -0.1) is 9.24 Å². The van der Waals surface area contributed by atoms with E-state index in [9.17, 15) is 13.2 Å². The highest BCUT2D eigenvalue weighted by Gasteiger charge is 2.35. The number of thiol groups is 1. The Morgan fingerprint density at radius 3 is 2.48 bits per heavy atom. The van der Waals surface area contributed by atoms with Gasteiger partial charge in [-0.25, -0.2) is 13.2 Å². The molecule has 0 aliphatic carbocycles. The quantitative estimate of drug-likeness (QED) is 0.153. The third-order valence-electron chi connectivity index (χ3n) is 3.91. The summed E-state index contributed by atoms with van der Waals surface area (Å²) in [7, 11) is 1.99. The molecule has 2 unspecified atom stereocenters. The van der Waals surface area contributed by atoms with E-state index in [0.717, 1.165) is 13.0 Å². The number of benzene rings is 1. The number of rotatable bonds is 6. The zero-order chi connectivity index (χ0) is 21.9. The predicted molar refractivity (Wildman–Crippen MR) is 110 cm³/mol. The molecule has 1 aliphatic rings. The van der Waals surface area contributed by atoms with E-state index in [1.807, 2.05) is 9.24 Å². The second kappa shape index (κ2) is 9.51. The summed E-state index contributed by atoms with van der Waals surface area (Å²) in [6, 6.07) is 2.30. The number of hydrogen-bond acceptors (Lipinski definition) is 5. The molecule has 0 bridgehead atoms. The minimum absolute atomic E-state index is 0.00294. The van der Waals surface area contributed by atoms with Crippen LogP contribution in [0, 0.1) is 5.82 Å². The topological polar surface area (TPSA) is 53.7 Å². The van der Waals surface area contributed by atoms with Gasteiger partial charge in [-0.05, 0) is 24.4 Å². The second-order valence-electron chi connectivity index (χ2n) is 6.59. The molecule has 0 saturated carbocycles. The minimum Gasteiger partial charge on any atom is -0.454 e. The summed E-state index contributed by atoms with van der Waals surface area (Å²) >= 11 is 4.21. The lowest BCUT2D eigenvalue weighted by atomic mass is 10.0. The summed E-state index contributed by atoms with van der Waals surface area (Å²) in [5, 5.41) is -0.110.